The minimum absolute atomic E-state index is 0.384. The molecule has 4 nitrogen and oxygen atoms in total. The lowest BCUT2D eigenvalue weighted by Crippen LogP contribution is -2.30. The van der Waals surface area contributed by atoms with Gasteiger partial charge in [-0.3, -0.25) is 5.21 Å². The summed E-state index contributed by atoms with van der Waals surface area (Å²) in [5.41, 5.74) is 1.18. The highest BCUT2D eigenvalue weighted by molar-refractivity contribution is 5.87. The van der Waals surface area contributed by atoms with Crippen LogP contribution in [0, 0.1) is 6.92 Å². The molecule has 0 fully saturated rings. The zero-order valence-electron chi connectivity index (χ0n) is 9.91. The average molecular weight is 243 g/mol. The van der Waals surface area contributed by atoms with Crippen molar-refractivity contribution in [3.05, 3.63) is 60.2 Å². The van der Waals surface area contributed by atoms with Gasteiger partial charge in [-0.25, -0.2) is 4.79 Å². The topological polar surface area (TPSA) is 49.8 Å². The Bertz CT molecular complexity index is 540. The molecule has 0 heterocycles. The number of amides is 1. The number of nitrogens with zero attached hydrogens (tertiary/aromatic N) is 1. The van der Waals surface area contributed by atoms with Gasteiger partial charge in [-0.2, -0.15) is 5.06 Å². The molecule has 0 atom stereocenters. The predicted molar refractivity (Wildman–Crippen MR) is 67.9 cm³/mol. The molecule has 1 N–H and O–H groups in total. The summed E-state index contributed by atoms with van der Waals surface area (Å²) in [6.45, 7) is 1.80. The Balaban J connectivity index is 2.13. The number of carbonyl (C=O) groups is 1. The highest BCUT2D eigenvalue weighted by Crippen LogP contribution is 2.19. The van der Waals surface area contributed by atoms with Gasteiger partial charge in [-0.05, 0) is 30.7 Å². The van der Waals surface area contributed by atoms with Crippen LogP contribution in [0.25, 0.3) is 0 Å². The van der Waals surface area contributed by atoms with Crippen molar-refractivity contribution in [3.63, 3.8) is 0 Å². The van der Waals surface area contributed by atoms with Crippen LogP contribution in [-0.2, 0) is 0 Å². The second-order valence-corrected chi connectivity index (χ2v) is 3.78. The molecule has 0 aliphatic carbocycles. The Morgan fingerprint density at radius 3 is 2.33 bits per heavy atom. The van der Waals surface area contributed by atoms with Crippen molar-refractivity contribution in [2.75, 3.05) is 5.06 Å². The SMILES string of the molecule is Cc1ccccc1N(O)C(=O)Oc1ccccc1. The van der Waals surface area contributed by atoms with Crippen LogP contribution in [0.5, 0.6) is 5.75 Å². The fourth-order valence-corrected chi connectivity index (χ4v) is 1.53. The zero-order chi connectivity index (χ0) is 13.0. The van der Waals surface area contributed by atoms with E-state index >= 15 is 0 Å². The molecule has 2 aromatic carbocycles. The number of aryl methyl sites for hydroxylation is 1. The quantitative estimate of drug-likeness (QED) is 0.649. The number of benzene rings is 2. The van der Waals surface area contributed by atoms with Crippen LogP contribution in [0.2, 0.25) is 0 Å². The molecule has 2 aromatic rings. The van der Waals surface area contributed by atoms with Crippen LogP contribution in [-0.4, -0.2) is 11.3 Å². The third-order valence-corrected chi connectivity index (χ3v) is 2.46. The summed E-state index contributed by atoms with van der Waals surface area (Å²) >= 11 is 0. The van der Waals surface area contributed by atoms with Crippen LogP contribution in [0.15, 0.2) is 54.6 Å². The maximum absolute atomic E-state index is 11.7. The molecule has 0 unspecified atom stereocenters. The molecule has 0 radical (unpaired) electrons. The number of hydrogen-bond donors (Lipinski definition) is 1. The number of anilines is 1. The minimum atomic E-state index is -0.837. The number of hydroxylamine groups is 1. The Labute approximate surface area is 105 Å². The van der Waals surface area contributed by atoms with E-state index in [0.717, 1.165) is 5.56 Å². The third-order valence-electron chi connectivity index (χ3n) is 2.46. The molecule has 1 amide bonds. The van der Waals surface area contributed by atoms with Crippen LogP contribution in [0.3, 0.4) is 0 Å². The van der Waals surface area contributed by atoms with E-state index in [1.54, 1.807) is 49.4 Å². The van der Waals surface area contributed by atoms with Gasteiger partial charge in [-0.15, -0.1) is 0 Å². The van der Waals surface area contributed by atoms with Crippen molar-refractivity contribution in [2.24, 2.45) is 0 Å². The first-order valence-corrected chi connectivity index (χ1v) is 5.50. The number of ether oxygens (including phenoxy) is 1. The summed E-state index contributed by atoms with van der Waals surface area (Å²) in [6, 6.07) is 15.6. The highest BCUT2D eigenvalue weighted by atomic mass is 16.6. The minimum Gasteiger partial charge on any atom is -0.408 e. The number of para-hydroxylation sites is 2. The molecule has 0 saturated carbocycles. The van der Waals surface area contributed by atoms with Crippen LogP contribution < -0.4 is 9.80 Å². The largest absolute Gasteiger partial charge is 0.444 e. The second-order valence-electron chi connectivity index (χ2n) is 3.78. The van der Waals surface area contributed by atoms with E-state index in [9.17, 15) is 10.0 Å². The monoisotopic (exact) mass is 243 g/mol. The Hall–Kier alpha value is -2.33. The van der Waals surface area contributed by atoms with Gasteiger partial charge >= 0.3 is 6.09 Å². The number of rotatable bonds is 2. The molecule has 0 bridgehead atoms. The van der Waals surface area contributed by atoms with Gasteiger partial charge in [0, 0.05) is 0 Å². The van der Waals surface area contributed by atoms with E-state index in [-0.39, 0.29) is 0 Å². The summed E-state index contributed by atoms with van der Waals surface area (Å²) < 4.78 is 5.02. The van der Waals surface area contributed by atoms with Gasteiger partial charge in [0.15, 0.2) is 0 Å². The molecule has 2 rings (SSSR count). The van der Waals surface area contributed by atoms with Crippen LogP contribution in [0.4, 0.5) is 10.5 Å². The Morgan fingerprint density at radius 1 is 1.06 bits per heavy atom. The first-order chi connectivity index (χ1) is 8.68. The predicted octanol–water partition coefficient (Wildman–Crippen LogP) is 3.39. The van der Waals surface area contributed by atoms with Gasteiger partial charge in [0.2, 0.25) is 0 Å². The summed E-state index contributed by atoms with van der Waals surface area (Å²) in [5.74, 6) is 0.384. The maximum Gasteiger partial charge on any atom is 0.444 e. The summed E-state index contributed by atoms with van der Waals surface area (Å²) in [4.78, 5) is 11.7. The van der Waals surface area contributed by atoms with Crippen molar-refractivity contribution >= 4 is 11.8 Å². The lowest BCUT2D eigenvalue weighted by atomic mass is 10.2. The van der Waals surface area contributed by atoms with Crippen molar-refractivity contribution in [1.82, 2.24) is 0 Å². The molecule has 18 heavy (non-hydrogen) atoms. The first-order valence-electron chi connectivity index (χ1n) is 5.50. The molecule has 0 spiro atoms. The molecule has 4 heteroatoms. The van der Waals surface area contributed by atoms with E-state index in [0.29, 0.717) is 16.5 Å². The van der Waals surface area contributed by atoms with Gasteiger partial charge in [-0.1, -0.05) is 36.4 Å². The molecular formula is C14H13NO3. The molecule has 0 aliphatic rings. The number of carbonyl (C=O) groups excluding carboxylic acids is 1. The normalized spacial score (nSPS) is 9.89. The van der Waals surface area contributed by atoms with E-state index in [1.165, 1.54) is 0 Å². The summed E-state index contributed by atoms with van der Waals surface area (Å²) in [7, 11) is 0. The van der Waals surface area contributed by atoms with Crippen molar-refractivity contribution < 1.29 is 14.7 Å². The van der Waals surface area contributed by atoms with E-state index in [4.69, 9.17) is 4.74 Å². The van der Waals surface area contributed by atoms with Gasteiger partial charge in [0.25, 0.3) is 0 Å². The third kappa shape index (κ3) is 2.67. The van der Waals surface area contributed by atoms with Gasteiger partial charge < -0.3 is 4.74 Å². The van der Waals surface area contributed by atoms with Crippen molar-refractivity contribution in [3.8, 4) is 5.75 Å². The molecule has 0 aromatic heterocycles. The lowest BCUT2D eigenvalue weighted by molar-refractivity contribution is 0.166. The van der Waals surface area contributed by atoms with E-state index in [1.807, 2.05) is 12.1 Å². The van der Waals surface area contributed by atoms with Crippen molar-refractivity contribution in [2.45, 2.75) is 6.92 Å². The summed E-state index contributed by atoms with van der Waals surface area (Å²) in [6.07, 6.45) is -0.837. The molecule has 0 aliphatic heterocycles. The Kier molecular flexibility index (Phi) is 3.60. The van der Waals surface area contributed by atoms with E-state index in [2.05, 4.69) is 0 Å². The maximum atomic E-state index is 11.7. The standard InChI is InChI=1S/C14H13NO3/c1-11-7-5-6-10-13(11)15(17)14(16)18-12-8-3-2-4-9-12/h2-10,17H,1H3. The van der Waals surface area contributed by atoms with Crippen LogP contribution >= 0.6 is 0 Å². The lowest BCUT2D eigenvalue weighted by Gasteiger charge is -2.16. The van der Waals surface area contributed by atoms with Gasteiger partial charge in [0.05, 0.1) is 5.69 Å². The first kappa shape index (κ1) is 12.1. The average Bonchev–Trinajstić information content (AvgIpc) is 2.39. The smallest absolute Gasteiger partial charge is 0.408 e. The summed E-state index contributed by atoms with van der Waals surface area (Å²) in [5, 5.41) is 10.3. The molecule has 0 saturated heterocycles. The number of hydrogen-bond acceptors (Lipinski definition) is 3. The molecule has 92 valence electrons. The second kappa shape index (κ2) is 5.33. The molecular weight excluding hydrogens is 230 g/mol. The highest BCUT2D eigenvalue weighted by Gasteiger charge is 2.16. The van der Waals surface area contributed by atoms with Gasteiger partial charge in [0.1, 0.15) is 5.75 Å². The zero-order valence-corrected chi connectivity index (χ0v) is 9.91. The Morgan fingerprint density at radius 2 is 1.67 bits per heavy atom. The fourth-order valence-electron chi connectivity index (χ4n) is 1.53. The van der Waals surface area contributed by atoms with Crippen LogP contribution in [0.1, 0.15) is 5.56 Å². The van der Waals surface area contributed by atoms with E-state index < -0.39 is 6.09 Å². The fraction of sp³-hybridized carbons (Fsp3) is 0.0714. The van der Waals surface area contributed by atoms with Crippen molar-refractivity contribution in [1.29, 1.82) is 0 Å².